The summed E-state index contributed by atoms with van der Waals surface area (Å²) in [5.74, 6) is 2.38. The van der Waals surface area contributed by atoms with Crippen molar-refractivity contribution in [2.45, 2.75) is 19.6 Å². The quantitative estimate of drug-likeness (QED) is 0.471. The molecule has 0 saturated heterocycles. The zero-order chi connectivity index (χ0) is 13.1. The van der Waals surface area contributed by atoms with Gasteiger partial charge in [0, 0.05) is 5.56 Å². The number of phenolic OH excluding ortho intramolecular Hbond substituents is 1. The van der Waals surface area contributed by atoms with Crippen LogP contribution in [-0.2, 0) is 4.74 Å². The maximum absolute atomic E-state index is 11.4. The number of rotatable bonds is 1. The highest BCUT2D eigenvalue weighted by Crippen LogP contribution is 2.19. The van der Waals surface area contributed by atoms with E-state index in [4.69, 9.17) is 0 Å². The molecule has 0 aromatic heterocycles. The van der Waals surface area contributed by atoms with Gasteiger partial charge >= 0.3 is 5.97 Å². The summed E-state index contributed by atoms with van der Waals surface area (Å²) >= 11 is 0. The number of ether oxygens (including phenoxy) is 1. The molecule has 0 saturated carbocycles. The van der Waals surface area contributed by atoms with Crippen LogP contribution in [0.3, 0.4) is 0 Å². The molecule has 0 radical (unpaired) electrons. The summed E-state index contributed by atoms with van der Waals surface area (Å²) in [7, 11) is -0.166. The Labute approximate surface area is 102 Å². The minimum atomic E-state index is -1.45. The van der Waals surface area contributed by atoms with Gasteiger partial charge in [0.25, 0.3) is 0 Å². The monoisotopic (exact) mass is 248 g/mol. The van der Waals surface area contributed by atoms with Crippen molar-refractivity contribution >= 4 is 14.0 Å². The zero-order valence-electron chi connectivity index (χ0n) is 10.5. The third-order valence-electron chi connectivity index (χ3n) is 1.98. The first-order valence-electron chi connectivity index (χ1n) is 5.28. The Morgan fingerprint density at radius 2 is 2.00 bits per heavy atom. The Morgan fingerprint density at radius 3 is 2.53 bits per heavy atom. The first-order valence-corrected chi connectivity index (χ1v) is 8.78. The Kier molecular flexibility index (Phi) is 3.97. The van der Waals surface area contributed by atoms with Gasteiger partial charge in [0.2, 0.25) is 0 Å². The van der Waals surface area contributed by atoms with Crippen molar-refractivity contribution < 1.29 is 14.6 Å². The maximum Gasteiger partial charge on any atom is 0.341 e. The van der Waals surface area contributed by atoms with Crippen molar-refractivity contribution in [3.05, 3.63) is 29.3 Å². The van der Waals surface area contributed by atoms with Crippen molar-refractivity contribution in [1.82, 2.24) is 0 Å². The predicted octanol–water partition coefficient (Wildman–Crippen LogP) is 2.41. The average molecular weight is 248 g/mol. The number of esters is 1. The molecule has 0 atom stereocenters. The molecule has 0 aliphatic carbocycles. The molecule has 1 rings (SSSR count). The fourth-order valence-electron chi connectivity index (χ4n) is 1.15. The van der Waals surface area contributed by atoms with Crippen LogP contribution in [0.5, 0.6) is 5.75 Å². The lowest BCUT2D eigenvalue weighted by Crippen LogP contribution is -2.16. The van der Waals surface area contributed by atoms with E-state index >= 15 is 0 Å². The first kappa shape index (κ1) is 13.3. The van der Waals surface area contributed by atoms with Gasteiger partial charge in [0.15, 0.2) is 0 Å². The molecule has 0 heterocycles. The predicted molar refractivity (Wildman–Crippen MR) is 69.7 cm³/mol. The number of carbonyl (C=O) groups is 1. The van der Waals surface area contributed by atoms with Crippen LogP contribution in [-0.4, -0.2) is 26.3 Å². The summed E-state index contributed by atoms with van der Waals surface area (Å²) in [6.45, 7) is 6.42. The molecule has 1 aromatic rings. The van der Waals surface area contributed by atoms with Gasteiger partial charge in [-0.1, -0.05) is 25.6 Å². The highest BCUT2D eigenvalue weighted by atomic mass is 28.3. The summed E-state index contributed by atoms with van der Waals surface area (Å²) in [6.07, 6.45) is 0. The lowest BCUT2D eigenvalue weighted by molar-refractivity contribution is 0.0597. The van der Waals surface area contributed by atoms with Crippen LogP contribution in [0.25, 0.3) is 0 Å². The first-order chi connectivity index (χ1) is 7.83. The largest absolute Gasteiger partial charge is 0.507 e. The van der Waals surface area contributed by atoms with E-state index in [-0.39, 0.29) is 11.3 Å². The van der Waals surface area contributed by atoms with Crippen molar-refractivity contribution in [1.29, 1.82) is 0 Å². The number of phenols is 1. The van der Waals surface area contributed by atoms with Gasteiger partial charge in [0.1, 0.15) is 19.4 Å². The number of methoxy groups -OCH3 is 1. The standard InChI is InChI=1S/C13H16O3Si/c1-16-13(15)11-9-10(5-6-12(11)14)7-8-17(2,3)4/h5-6,9,14H,1-4H3. The van der Waals surface area contributed by atoms with Gasteiger partial charge < -0.3 is 9.84 Å². The fraction of sp³-hybridized carbons (Fsp3) is 0.308. The van der Waals surface area contributed by atoms with Crippen molar-refractivity contribution in [2.75, 3.05) is 7.11 Å². The number of benzene rings is 1. The van der Waals surface area contributed by atoms with Crippen molar-refractivity contribution in [3.8, 4) is 17.2 Å². The van der Waals surface area contributed by atoms with Crippen LogP contribution in [0.1, 0.15) is 15.9 Å². The molecule has 17 heavy (non-hydrogen) atoms. The second-order valence-electron chi connectivity index (χ2n) is 4.72. The molecule has 0 amide bonds. The van der Waals surface area contributed by atoms with Crippen molar-refractivity contribution in [3.63, 3.8) is 0 Å². The number of carbonyl (C=O) groups excluding carboxylic acids is 1. The molecule has 3 nitrogen and oxygen atoms in total. The number of hydrogen-bond donors (Lipinski definition) is 1. The number of hydrogen-bond acceptors (Lipinski definition) is 3. The van der Waals surface area contributed by atoms with Gasteiger partial charge in [-0.25, -0.2) is 4.79 Å². The van der Waals surface area contributed by atoms with E-state index in [1.807, 2.05) is 0 Å². The summed E-state index contributed by atoms with van der Waals surface area (Å²) in [5.41, 5.74) is 4.06. The molecule has 0 aliphatic rings. The average Bonchev–Trinajstić information content (AvgIpc) is 2.26. The molecule has 0 unspecified atom stereocenters. The lowest BCUT2D eigenvalue weighted by atomic mass is 10.1. The Balaban J connectivity index is 3.12. The molecule has 0 fully saturated rings. The molecule has 0 aliphatic heterocycles. The van der Waals surface area contributed by atoms with Gasteiger partial charge in [-0.15, -0.1) is 5.54 Å². The summed E-state index contributed by atoms with van der Waals surface area (Å²) in [5, 5.41) is 9.52. The van der Waals surface area contributed by atoms with E-state index in [0.29, 0.717) is 5.56 Å². The minimum absolute atomic E-state index is 0.0876. The Hall–Kier alpha value is -1.73. The highest BCUT2D eigenvalue weighted by Gasteiger charge is 2.12. The van der Waals surface area contributed by atoms with Gasteiger partial charge in [-0.2, -0.15) is 0 Å². The van der Waals surface area contributed by atoms with E-state index in [2.05, 4.69) is 35.8 Å². The summed E-state index contributed by atoms with van der Waals surface area (Å²) in [4.78, 5) is 11.4. The van der Waals surface area contributed by atoms with Gasteiger partial charge in [-0.3, -0.25) is 0 Å². The van der Waals surface area contributed by atoms with Gasteiger partial charge in [-0.05, 0) is 18.2 Å². The van der Waals surface area contributed by atoms with E-state index in [9.17, 15) is 9.90 Å². The SMILES string of the molecule is COC(=O)c1cc(C#C[Si](C)(C)C)ccc1O. The van der Waals surface area contributed by atoms with Crippen LogP contribution >= 0.6 is 0 Å². The Bertz CT molecular complexity index is 490. The van der Waals surface area contributed by atoms with Crippen LogP contribution < -0.4 is 0 Å². The van der Waals surface area contributed by atoms with Gasteiger partial charge in [0.05, 0.1) is 7.11 Å². The molecule has 90 valence electrons. The van der Waals surface area contributed by atoms with Crippen LogP contribution in [0.15, 0.2) is 18.2 Å². The van der Waals surface area contributed by atoms with E-state index in [1.165, 1.54) is 13.2 Å². The topological polar surface area (TPSA) is 46.5 Å². The second kappa shape index (κ2) is 5.06. The van der Waals surface area contributed by atoms with Crippen LogP contribution in [0, 0.1) is 11.5 Å². The number of aromatic hydroxyl groups is 1. The lowest BCUT2D eigenvalue weighted by Gasteiger charge is -2.05. The molecule has 0 spiro atoms. The summed E-state index contributed by atoms with van der Waals surface area (Å²) < 4.78 is 4.58. The molecule has 1 N–H and O–H groups in total. The highest BCUT2D eigenvalue weighted by molar-refractivity contribution is 6.83. The van der Waals surface area contributed by atoms with E-state index in [1.54, 1.807) is 12.1 Å². The summed E-state index contributed by atoms with van der Waals surface area (Å²) in [6, 6.07) is 4.70. The van der Waals surface area contributed by atoms with Crippen molar-refractivity contribution in [2.24, 2.45) is 0 Å². The van der Waals surface area contributed by atoms with Crippen LogP contribution in [0.4, 0.5) is 0 Å². The fourth-order valence-corrected chi connectivity index (χ4v) is 1.67. The van der Waals surface area contributed by atoms with Crippen LogP contribution in [0.2, 0.25) is 19.6 Å². The normalized spacial score (nSPS) is 10.4. The molecule has 1 aromatic carbocycles. The zero-order valence-corrected chi connectivity index (χ0v) is 11.5. The molecular weight excluding hydrogens is 232 g/mol. The second-order valence-corrected chi connectivity index (χ2v) is 9.47. The molecular formula is C13H16O3Si. The molecule has 0 bridgehead atoms. The maximum atomic E-state index is 11.4. The third kappa shape index (κ3) is 3.97. The van der Waals surface area contributed by atoms with E-state index < -0.39 is 14.0 Å². The molecule has 4 heteroatoms. The van der Waals surface area contributed by atoms with E-state index in [0.717, 1.165) is 0 Å². The smallest absolute Gasteiger partial charge is 0.341 e. The Morgan fingerprint density at radius 1 is 1.35 bits per heavy atom. The third-order valence-corrected chi connectivity index (χ3v) is 2.86. The minimum Gasteiger partial charge on any atom is -0.507 e.